The van der Waals surface area contributed by atoms with Crippen molar-refractivity contribution in [3.63, 3.8) is 0 Å². The highest BCUT2D eigenvalue weighted by atomic mass is 16.5. The molecule has 1 saturated heterocycles. The Kier molecular flexibility index (Phi) is 5.43. The largest absolute Gasteiger partial charge is 0.508 e. The highest BCUT2D eigenvalue weighted by Gasteiger charge is 2.27. The van der Waals surface area contributed by atoms with Gasteiger partial charge < -0.3 is 14.7 Å². The van der Waals surface area contributed by atoms with Gasteiger partial charge in [0.15, 0.2) is 0 Å². The van der Waals surface area contributed by atoms with Crippen LogP contribution in [0.1, 0.15) is 30.4 Å². The Balaban J connectivity index is 1.76. The normalized spacial score (nSPS) is 17.4. The molecule has 1 atom stereocenters. The second-order valence-corrected chi connectivity index (χ2v) is 6.08. The first-order valence-electron chi connectivity index (χ1n) is 8.29. The number of phenols is 1. The van der Waals surface area contributed by atoms with E-state index >= 15 is 0 Å². The van der Waals surface area contributed by atoms with E-state index in [9.17, 15) is 9.90 Å². The van der Waals surface area contributed by atoms with Gasteiger partial charge in [0, 0.05) is 32.1 Å². The fourth-order valence-corrected chi connectivity index (χ4v) is 2.88. The van der Waals surface area contributed by atoms with E-state index in [-0.39, 0.29) is 17.8 Å². The van der Waals surface area contributed by atoms with Crippen LogP contribution in [-0.4, -0.2) is 33.6 Å². The first kappa shape index (κ1) is 16.5. The van der Waals surface area contributed by atoms with Gasteiger partial charge in [-0.15, -0.1) is 0 Å². The van der Waals surface area contributed by atoms with E-state index in [4.69, 9.17) is 4.74 Å². The molecule has 24 heavy (non-hydrogen) atoms. The monoisotopic (exact) mass is 326 g/mol. The molecule has 2 heterocycles. The lowest BCUT2D eigenvalue weighted by molar-refractivity contribution is -0.147. The number of nitrogens with zero attached hydrogens (tertiary/aromatic N) is 2. The van der Waals surface area contributed by atoms with Gasteiger partial charge in [0.05, 0.1) is 0 Å². The van der Waals surface area contributed by atoms with E-state index in [2.05, 4.69) is 4.98 Å². The van der Waals surface area contributed by atoms with Gasteiger partial charge in [-0.3, -0.25) is 9.78 Å². The lowest BCUT2D eigenvalue weighted by Gasteiger charge is -2.29. The molecule has 126 valence electrons. The minimum atomic E-state index is -0.354. The molecule has 1 fully saturated rings. The van der Waals surface area contributed by atoms with Crippen LogP contribution in [-0.2, 0) is 22.6 Å². The maximum absolute atomic E-state index is 12.9. The Bertz CT molecular complexity index is 652. The van der Waals surface area contributed by atoms with Crippen molar-refractivity contribution in [3.8, 4) is 5.75 Å². The minimum absolute atomic E-state index is 0.0200. The average Bonchev–Trinajstić information content (AvgIpc) is 2.64. The minimum Gasteiger partial charge on any atom is -0.508 e. The molecule has 3 rings (SSSR count). The van der Waals surface area contributed by atoms with Gasteiger partial charge in [0.2, 0.25) is 0 Å². The van der Waals surface area contributed by atoms with Gasteiger partial charge in [-0.25, -0.2) is 0 Å². The Morgan fingerprint density at radius 2 is 1.96 bits per heavy atom. The number of aromatic nitrogens is 1. The maximum atomic E-state index is 12.9. The summed E-state index contributed by atoms with van der Waals surface area (Å²) >= 11 is 0. The lowest BCUT2D eigenvalue weighted by atomic mass is 10.1. The van der Waals surface area contributed by atoms with E-state index in [1.165, 1.54) is 0 Å². The fourth-order valence-electron chi connectivity index (χ4n) is 2.88. The number of rotatable bonds is 5. The molecule has 1 aromatic carbocycles. The van der Waals surface area contributed by atoms with E-state index in [0.29, 0.717) is 19.7 Å². The average molecular weight is 326 g/mol. The van der Waals surface area contributed by atoms with Crippen LogP contribution in [0, 0.1) is 0 Å². The van der Waals surface area contributed by atoms with Crippen LogP contribution in [0.5, 0.6) is 5.75 Å². The molecule has 1 N–H and O–H groups in total. The predicted octanol–water partition coefficient (Wildman–Crippen LogP) is 2.89. The number of aromatic hydroxyl groups is 1. The predicted molar refractivity (Wildman–Crippen MR) is 90.2 cm³/mol. The summed E-state index contributed by atoms with van der Waals surface area (Å²) in [7, 11) is 0. The number of carbonyl (C=O) groups excluding carboxylic acids is 1. The Hall–Kier alpha value is -2.40. The molecule has 0 radical (unpaired) electrons. The highest BCUT2D eigenvalue weighted by Crippen LogP contribution is 2.19. The van der Waals surface area contributed by atoms with Crippen LogP contribution in [0.25, 0.3) is 0 Å². The molecule has 0 saturated carbocycles. The molecule has 0 bridgehead atoms. The number of pyridine rings is 1. The van der Waals surface area contributed by atoms with Crippen LogP contribution < -0.4 is 0 Å². The molecule has 0 aliphatic carbocycles. The number of ether oxygens (including phenoxy) is 1. The second kappa shape index (κ2) is 7.93. The van der Waals surface area contributed by atoms with Crippen LogP contribution >= 0.6 is 0 Å². The fraction of sp³-hybridized carbons (Fsp3) is 0.368. The zero-order chi connectivity index (χ0) is 16.8. The number of hydrogen-bond donors (Lipinski definition) is 1. The van der Waals surface area contributed by atoms with E-state index in [0.717, 1.165) is 30.4 Å². The van der Waals surface area contributed by atoms with Crippen LogP contribution in [0.4, 0.5) is 0 Å². The van der Waals surface area contributed by atoms with Crippen molar-refractivity contribution in [2.24, 2.45) is 0 Å². The summed E-state index contributed by atoms with van der Waals surface area (Å²) in [5.74, 6) is 0.242. The quantitative estimate of drug-likeness (QED) is 0.918. The van der Waals surface area contributed by atoms with E-state index in [1.807, 2.05) is 24.3 Å². The first-order valence-corrected chi connectivity index (χ1v) is 8.29. The van der Waals surface area contributed by atoms with E-state index in [1.54, 1.807) is 29.4 Å². The van der Waals surface area contributed by atoms with Crippen molar-refractivity contribution in [2.45, 2.75) is 38.5 Å². The molecule has 0 spiro atoms. The zero-order valence-electron chi connectivity index (χ0n) is 13.6. The molecule has 1 amide bonds. The third-order valence-corrected chi connectivity index (χ3v) is 4.17. The van der Waals surface area contributed by atoms with Crippen LogP contribution in [0.2, 0.25) is 0 Å². The Morgan fingerprint density at radius 3 is 2.62 bits per heavy atom. The highest BCUT2D eigenvalue weighted by molar-refractivity contribution is 5.81. The topological polar surface area (TPSA) is 62.7 Å². The Morgan fingerprint density at radius 1 is 1.17 bits per heavy atom. The van der Waals surface area contributed by atoms with Crippen molar-refractivity contribution in [1.29, 1.82) is 0 Å². The third kappa shape index (κ3) is 4.32. The summed E-state index contributed by atoms with van der Waals surface area (Å²) in [6, 6.07) is 10.8. The maximum Gasteiger partial charge on any atom is 0.252 e. The number of amides is 1. The third-order valence-electron chi connectivity index (χ3n) is 4.17. The second-order valence-electron chi connectivity index (χ2n) is 6.08. The molecule has 5 heteroatoms. The zero-order valence-corrected chi connectivity index (χ0v) is 13.6. The van der Waals surface area contributed by atoms with Gasteiger partial charge >= 0.3 is 0 Å². The van der Waals surface area contributed by atoms with Crippen molar-refractivity contribution in [3.05, 3.63) is 59.9 Å². The standard InChI is InChI=1S/C19H22N2O3/c22-17-8-6-15(7-9-17)13-21(14-16-4-3-10-20-12-16)19(23)18-5-1-2-11-24-18/h3-4,6-10,12,18,22H,1-2,5,11,13-14H2/t18-/m1/s1. The SMILES string of the molecule is O=C([C@H]1CCCCO1)N(Cc1ccc(O)cc1)Cc1cccnc1. The van der Waals surface area contributed by atoms with Gasteiger partial charge in [0.25, 0.3) is 5.91 Å². The van der Waals surface area contributed by atoms with Crippen molar-refractivity contribution < 1.29 is 14.6 Å². The Labute approximate surface area is 141 Å². The smallest absolute Gasteiger partial charge is 0.252 e. The summed E-state index contributed by atoms with van der Waals surface area (Å²) in [6.07, 6.45) is 5.96. The lowest BCUT2D eigenvalue weighted by Crippen LogP contribution is -2.41. The van der Waals surface area contributed by atoms with Gasteiger partial charge in [-0.2, -0.15) is 0 Å². The summed E-state index contributed by atoms with van der Waals surface area (Å²) in [5, 5.41) is 9.43. The van der Waals surface area contributed by atoms with Crippen LogP contribution in [0.15, 0.2) is 48.8 Å². The van der Waals surface area contributed by atoms with Gasteiger partial charge in [-0.05, 0) is 48.6 Å². The number of phenolic OH excluding ortho intramolecular Hbond substituents is 1. The summed E-state index contributed by atoms with van der Waals surface area (Å²) in [4.78, 5) is 18.8. The van der Waals surface area contributed by atoms with Crippen molar-refractivity contribution in [1.82, 2.24) is 9.88 Å². The molecule has 1 aliphatic heterocycles. The van der Waals surface area contributed by atoms with Crippen molar-refractivity contribution in [2.75, 3.05) is 6.61 Å². The number of benzene rings is 1. The van der Waals surface area contributed by atoms with Gasteiger partial charge in [0.1, 0.15) is 11.9 Å². The number of carbonyl (C=O) groups is 1. The first-order chi connectivity index (χ1) is 11.7. The summed E-state index contributed by atoms with van der Waals surface area (Å²) < 4.78 is 5.67. The molecule has 0 unspecified atom stereocenters. The summed E-state index contributed by atoms with van der Waals surface area (Å²) in [5.41, 5.74) is 1.96. The van der Waals surface area contributed by atoms with E-state index < -0.39 is 0 Å². The molecule has 2 aromatic rings. The molecule has 1 aromatic heterocycles. The van der Waals surface area contributed by atoms with Crippen LogP contribution in [0.3, 0.4) is 0 Å². The van der Waals surface area contributed by atoms with Gasteiger partial charge in [-0.1, -0.05) is 18.2 Å². The molecule has 1 aliphatic rings. The molecular formula is C19H22N2O3. The van der Waals surface area contributed by atoms with Crippen molar-refractivity contribution >= 4 is 5.91 Å². The number of hydrogen-bond acceptors (Lipinski definition) is 4. The molecule has 5 nitrogen and oxygen atoms in total. The molecular weight excluding hydrogens is 304 g/mol. The summed E-state index contributed by atoms with van der Waals surface area (Å²) in [6.45, 7) is 1.62.